The van der Waals surface area contributed by atoms with Gasteiger partial charge in [-0.15, -0.1) is 0 Å². The molecule has 0 heterocycles. The first-order chi connectivity index (χ1) is 10.2. The normalized spacial score (nSPS) is 16.6. The highest BCUT2D eigenvalue weighted by Gasteiger charge is 2.61. The van der Waals surface area contributed by atoms with Crippen molar-refractivity contribution in [3.8, 4) is 0 Å². The van der Waals surface area contributed by atoms with Crippen molar-refractivity contribution in [1.29, 1.82) is 0 Å². The second-order valence-corrected chi connectivity index (χ2v) is 5.59. The van der Waals surface area contributed by atoms with Gasteiger partial charge in [0.15, 0.2) is 0 Å². The average molecular weight is 333 g/mol. The van der Waals surface area contributed by atoms with Crippen LogP contribution in [0.5, 0.6) is 0 Å². The SMILES string of the molecule is CNC(=O)c1cc(NC(=O)C(F)(F)C2(O)CCC2)ccc1Cl. The van der Waals surface area contributed by atoms with Crippen LogP contribution in [0.25, 0.3) is 0 Å². The number of carbonyl (C=O) groups is 2. The summed E-state index contributed by atoms with van der Waals surface area (Å²) in [7, 11) is 1.39. The maximum atomic E-state index is 14.0. The van der Waals surface area contributed by atoms with Crippen molar-refractivity contribution in [1.82, 2.24) is 5.32 Å². The molecule has 0 aromatic heterocycles. The number of rotatable bonds is 4. The van der Waals surface area contributed by atoms with Crippen molar-refractivity contribution in [2.24, 2.45) is 0 Å². The van der Waals surface area contributed by atoms with Crippen molar-refractivity contribution in [3.05, 3.63) is 28.8 Å². The van der Waals surface area contributed by atoms with Gasteiger partial charge in [0.2, 0.25) is 0 Å². The van der Waals surface area contributed by atoms with Crippen LogP contribution in [-0.2, 0) is 4.79 Å². The van der Waals surface area contributed by atoms with Crippen molar-refractivity contribution in [3.63, 3.8) is 0 Å². The molecule has 1 aromatic rings. The number of nitrogens with one attached hydrogen (secondary N) is 2. The molecule has 22 heavy (non-hydrogen) atoms. The van der Waals surface area contributed by atoms with Gasteiger partial charge in [-0.25, -0.2) is 0 Å². The van der Waals surface area contributed by atoms with E-state index in [0.717, 1.165) is 0 Å². The number of anilines is 1. The second kappa shape index (κ2) is 5.81. The maximum Gasteiger partial charge on any atom is 0.352 e. The number of aliphatic hydroxyl groups is 1. The van der Waals surface area contributed by atoms with Crippen LogP contribution in [0, 0.1) is 0 Å². The van der Waals surface area contributed by atoms with E-state index in [2.05, 4.69) is 5.32 Å². The molecule has 2 rings (SSSR count). The summed E-state index contributed by atoms with van der Waals surface area (Å²) in [5.41, 5.74) is -2.25. The molecular formula is C14H15ClF2N2O3. The standard InChI is InChI=1S/C14H15ClF2N2O3/c1-18-11(20)9-7-8(3-4-10(9)15)19-12(21)14(16,17)13(22)5-2-6-13/h3-4,7,22H,2,5-6H2,1H3,(H,18,20)(H,19,21). The Morgan fingerprint density at radius 3 is 2.50 bits per heavy atom. The van der Waals surface area contributed by atoms with Gasteiger partial charge >= 0.3 is 5.92 Å². The van der Waals surface area contributed by atoms with Gasteiger partial charge in [-0.1, -0.05) is 11.6 Å². The molecule has 0 saturated heterocycles. The summed E-state index contributed by atoms with van der Waals surface area (Å²) in [6, 6.07) is 3.81. The molecule has 1 aliphatic carbocycles. The predicted molar refractivity (Wildman–Crippen MR) is 77.2 cm³/mol. The van der Waals surface area contributed by atoms with E-state index in [1.807, 2.05) is 5.32 Å². The third kappa shape index (κ3) is 2.78. The van der Waals surface area contributed by atoms with Crippen LogP contribution in [0.1, 0.15) is 29.6 Å². The van der Waals surface area contributed by atoms with Crippen LogP contribution in [0.4, 0.5) is 14.5 Å². The fourth-order valence-corrected chi connectivity index (χ4v) is 2.36. The lowest BCUT2D eigenvalue weighted by Crippen LogP contribution is -2.59. The van der Waals surface area contributed by atoms with Crippen LogP contribution >= 0.6 is 11.6 Å². The molecule has 5 nitrogen and oxygen atoms in total. The van der Waals surface area contributed by atoms with Crippen LogP contribution in [0.3, 0.4) is 0 Å². The third-order valence-electron chi connectivity index (χ3n) is 3.75. The van der Waals surface area contributed by atoms with Crippen LogP contribution < -0.4 is 10.6 Å². The quantitative estimate of drug-likeness (QED) is 0.791. The molecule has 120 valence electrons. The summed E-state index contributed by atoms with van der Waals surface area (Å²) in [4.78, 5) is 23.3. The Hall–Kier alpha value is -1.73. The minimum absolute atomic E-state index is 0.00408. The molecule has 1 aromatic carbocycles. The van der Waals surface area contributed by atoms with Gasteiger partial charge in [-0.05, 0) is 37.5 Å². The molecule has 0 aliphatic heterocycles. The molecule has 0 radical (unpaired) electrons. The minimum Gasteiger partial charge on any atom is -0.383 e. The van der Waals surface area contributed by atoms with Gasteiger partial charge in [-0.3, -0.25) is 9.59 Å². The first kappa shape index (κ1) is 16.6. The van der Waals surface area contributed by atoms with Gasteiger partial charge in [0.05, 0.1) is 10.6 Å². The second-order valence-electron chi connectivity index (χ2n) is 5.19. The number of alkyl halides is 2. The lowest BCUT2D eigenvalue weighted by Gasteiger charge is -2.41. The molecule has 1 aliphatic rings. The van der Waals surface area contributed by atoms with Crippen molar-refractivity contribution < 1.29 is 23.5 Å². The fourth-order valence-electron chi connectivity index (χ4n) is 2.16. The Labute approximate surface area is 130 Å². The van der Waals surface area contributed by atoms with Gasteiger partial charge in [0.25, 0.3) is 11.8 Å². The van der Waals surface area contributed by atoms with E-state index >= 15 is 0 Å². The summed E-state index contributed by atoms with van der Waals surface area (Å²) in [5.74, 6) is -6.02. The van der Waals surface area contributed by atoms with Crippen LogP contribution in [0.2, 0.25) is 5.02 Å². The summed E-state index contributed by atoms with van der Waals surface area (Å²) in [6.07, 6.45) is 0.191. The number of hydrogen-bond donors (Lipinski definition) is 3. The fraction of sp³-hybridized carbons (Fsp3) is 0.429. The molecule has 0 bridgehead atoms. The van der Waals surface area contributed by atoms with Gasteiger partial charge in [0.1, 0.15) is 5.60 Å². The van der Waals surface area contributed by atoms with E-state index < -0.39 is 23.3 Å². The Morgan fingerprint density at radius 1 is 1.36 bits per heavy atom. The highest BCUT2D eigenvalue weighted by molar-refractivity contribution is 6.34. The van der Waals surface area contributed by atoms with E-state index in [1.165, 1.54) is 25.2 Å². The number of carbonyl (C=O) groups excluding carboxylic acids is 2. The number of benzene rings is 1. The van der Waals surface area contributed by atoms with Crippen molar-refractivity contribution in [2.45, 2.75) is 30.8 Å². The van der Waals surface area contributed by atoms with Crippen LogP contribution in [-0.4, -0.2) is 35.5 Å². The lowest BCUT2D eigenvalue weighted by molar-refractivity contribution is -0.212. The zero-order valence-electron chi connectivity index (χ0n) is 11.8. The van der Waals surface area contributed by atoms with E-state index in [-0.39, 0.29) is 29.1 Å². The maximum absolute atomic E-state index is 14.0. The molecule has 0 spiro atoms. The molecular weight excluding hydrogens is 318 g/mol. The van der Waals surface area contributed by atoms with Gasteiger partial charge in [0, 0.05) is 12.7 Å². The zero-order chi connectivity index (χ0) is 16.5. The smallest absolute Gasteiger partial charge is 0.352 e. The summed E-state index contributed by atoms with van der Waals surface area (Å²) in [6.45, 7) is 0. The van der Waals surface area contributed by atoms with E-state index in [9.17, 15) is 23.5 Å². The average Bonchev–Trinajstić information content (AvgIpc) is 2.45. The van der Waals surface area contributed by atoms with E-state index in [1.54, 1.807) is 0 Å². The first-order valence-corrected chi connectivity index (χ1v) is 7.02. The zero-order valence-corrected chi connectivity index (χ0v) is 12.5. The topological polar surface area (TPSA) is 78.4 Å². The lowest BCUT2D eigenvalue weighted by atomic mass is 9.75. The monoisotopic (exact) mass is 332 g/mol. The Balaban J connectivity index is 2.20. The predicted octanol–water partition coefficient (Wildman–Crippen LogP) is 2.19. The molecule has 0 unspecified atom stereocenters. The number of amides is 2. The van der Waals surface area contributed by atoms with Gasteiger partial charge < -0.3 is 15.7 Å². The highest BCUT2D eigenvalue weighted by atomic mass is 35.5. The third-order valence-corrected chi connectivity index (χ3v) is 4.08. The Bertz CT molecular complexity index is 618. The molecule has 1 fully saturated rings. The molecule has 0 atom stereocenters. The van der Waals surface area contributed by atoms with Crippen molar-refractivity contribution in [2.75, 3.05) is 12.4 Å². The Kier molecular flexibility index (Phi) is 4.39. The summed E-state index contributed by atoms with van der Waals surface area (Å²) >= 11 is 5.84. The van der Waals surface area contributed by atoms with Crippen molar-refractivity contribution >= 4 is 29.1 Å². The van der Waals surface area contributed by atoms with Crippen LogP contribution in [0.15, 0.2) is 18.2 Å². The first-order valence-electron chi connectivity index (χ1n) is 6.64. The summed E-state index contributed by atoms with van der Waals surface area (Å²) in [5, 5.41) is 14.2. The molecule has 1 saturated carbocycles. The molecule has 3 N–H and O–H groups in total. The van der Waals surface area contributed by atoms with E-state index in [4.69, 9.17) is 11.6 Å². The Morgan fingerprint density at radius 2 is 2.00 bits per heavy atom. The van der Waals surface area contributed by atoms with E-state index in [0.29, 0.717) is 6.42 Å². The number of halogens is 3. The largest absolute Gasteiger partial charge is 0.383 e. The molecule has 2 amide bonds. The minimum atomic E-state index is -3.90. The summed E-state index contributed by atoms with van der Waals surface area (Å²) < 4.78 is 27.9. The molecule has 8 heteroatoms. The number of hydrogen-bond acceptors (Lipinski definition) is 3. The van der Waals surface area contributed by atoms with Gasteiger partial charge in [-0.2, -0.15) is 8.78 Å². The highest BCUT2D eigenvalue weighted by Crippen LogP contribution is 2.44.